The Kier molecular flexibility index (Phi) is 3.67. The molecule has 0 saturated heterocycles. The van der Waals surface area contributed by atoms with Gasteiger partial charge in [0, 0.05) is 35.5 Å². The van der Waals surface area contributed by atoms with Gasteiger partial charge in [-0.05, 0) is 42.8 Å². The van der Waals surface area contributed by atoms with E-state index in [-0.39, 0.29) is 9.79 Å². The lowest BCUT2D eigenvalue weighted by Gasteiger charge is -2.11. The standard InChI is InChI=1S/C18H16ClNO3S/c1-11-7-14(24(21,22)13-4-2-3-12(19)8-13)9-15-16-10-20-6-5-17(16)23-18(11)15/h2-4,7-9,20H,5-6,10H2,1H3. The molecule has 0 spiro atoms. The van der Waals surface area contributed by atoms with E-state index in [4.69, 9.17) is 16.0 Å². The summed E-state index contributed by atoms with van der Waals surface area (Å²) in [5.41, 5.74) is 2.65. The van der Waals surface area contributed by atoms with Crippen LogP contribution in [0.15, 0.2) is 50.6 Å². The van der Waals surface area contributed by atoms with E-state index in [0.29, 0.717) is 11.6 Å². The number of fused-ring (bicyclic) bond motifs is 3. The van der Waals surface area contributed by atoms with Gasteiger partial charge in [-0.1, -0.05) is 17.7 Å². The maximum atomic E-state index is 13.0. The first-order chi connectivity index (χ1) is 11.5. The number of halogens is 1. The SMILES string of the molecule is Cc1cc(S(=O)(=O)c2cccc(Cl)c2)cc2c3c(oc12)CCNC3. The van der Waals surface area contributed by atoms with E-state index in [9.17, 15) is 8.42 Å². The molecule has 124 valence electrons. The Morgan fingerprint density at radius 2 is 2.00 bits per heavy atom. The Balaban J connectivity index is 1.94. The highest BCUT2D eigenvalue weighted by Gasteiger charge is 2.24. The van der Waals surface area contributed by atoms with E-state index >= 15 is 0 Å². The Hall–Kier alpha value is -1.82. The summed E-state index contributed by atoms with van der Waals surface area (Å²) in [5.74, 6) is 0.948. The molecule has 1 aromatic heterocycles. The molecule has 0 atom stereocenters. The predicted octanol–water partition coefficient (Wildman–Crippen LogP) is 3.87. The van der Waals surface area contributed by atoms with Crippen molar-refractivity contribution in [3.05, 3.63) is 58.3 Å². The minimum absolute atomic E-state index is 0.198. The zero-order valence-corrected chi connectivity index (χ0v) is 14.7. The lowest BCUT2D eigenvalue weighted by Crippen LogP contribution is -2.22. The number of hydrogen-bond acceptors (Lipinski definition) is 4. The van der Waals surface area contributed by atoms with E-state index in [1.165, 1.54) is 6.07 Å². The second kappa shape index (κ2) is 5.62. The molecule has 1 aliphatic heterocycles. The highest BCUT2D eigenvalue weighted by molar-refractivity contribution is 7.91. The molecule has 24 heavy (non-hydrogen) atoms. The van der Waals surface area contributed by atoms with Crippen molar-refractivity contribution < 1.29 is 12.8 Å². The molecule has 1 N–H and O–H groups in total. The predicted molar refractivity (Wildman–Crippen MR) is 93.3 cm³/mol. The van der Waals surface area contributed by atoms with Crippen LogP contribution in [0.2, 0.25) is 5.02 Å². The molecule has 4 nitrogen and oxygen atoms in total. The highest BCUT2D eigenvalue weighted by atomic mass is 35.5. The molecule has 0 saturated carbocycles. The lowest BCUT2D eigenvalue weighted by molar-refractivity contribution is 0.499. The first-order valence-electron chi connectivity index (χ1n) is 7.73. The van der Waals surface area contributed by atoms with Crippen LogP contribution in [0.25, 0.3) is 11.0 Å². The average Bonchev–Trinajstić information content (AvgIpc) is 2.94. The second-order valence-corrected chi connectivity index (χ2v) is 8.39. The first-order valence-corrected chi connectivity index (χ1v) is 9.59. The van der Waals surface area contributed by atoms with Crippen LogP contribution in [0.5, 0.6) is 0 Å². The minimum Gasteiger partial charge on any atom is -0.460 e. The fraction of sp³-hybridized carbons (Fsp3) is 0.222. The quantitative estimate of drug-likeness (QED) is 0.752. The van der Waals surface area contributed by atoms with Crippen molar-refractivity contribution in [3.8, 4) is 0 Å². The summed E-state index contributed by atoms with van der Waals surface area (Å²) in [6, 6.07) is 9.72. The summed E-state index contributed by atoms with van der Waals surface area (Å²) >= 11 is 5.95. The second-order valence-electron chi connectivity index (χ2n) is 6.01. The van der Waals surface area contributed by atoms with Gasteiger partial charge in [-0.3, -0.25) is 0 Å². The lowest BCUT2D eigenvalue weighted by atomic mass is 10.0. The van der Waals surface area contributed by atoms with Crippen LogP contribution in [-0.2, 0) is 22.8 Å². The van der Waals surface area contributed by atoms with E-state index in [0.717, 1.165) is 40.8 Å². The number of hydrogen-bond donors (Lipinski definition) is 1. The van der Waals surface area contributed by atoms with Gasteiger partial charge in [0.15, 0.2) is 0 Å². The van der Waals surface area contributed by atoms with Crippen LogP contribution in [0.1, 0.15) is 16.9 Å². The number of sulfone groups is 1. The molecule has 2 heterocycles. The minimum atomic E-state index is -3.63. The van der Waals surface area contributed by atoms with Gasteiger partial charge >= 0.3 is 0 Å². The van der Waals surface area contributed by atoms with Gasteiger partial charge in [-0.15, -0.1) is 0 Å². The zero-order chi connectivity index (χ0) is 16.9. The van der Waals surface area contributed by atoms with Crippen LogP contribution in [0.3, 0.4) is 0 Å². The van der Waals surface area contributed by atoms with E-state index in [1.54, 1.807) is 30.3 Å². The fourth-order valence-electron chi connectivity index (χ4n) is 3.17. The van der Waals surface area contributed by atoms with Crippen LogP contribution in [0.4, 0.5) is 0 Å². The Bertz CT molecular complexity index is 1050. The van der Waals surface area contributed by atoms with Crippen LogP contribution >= 0.6 is 11.6 Å². The van der Waals surface area contributed by atoms with E-state index in [2.05, 4.69) is 5.32 Å². The summed E-state index contributed by atoms with van der Waals surface area (Å²) in [7, 11) is -3.63. The van der Waals surface area contributed by atoms with Gasteiger partial charge in [0.1, 0.15) is 11.3 Å². The zero-order valence-electron chi connectivity index (χ0n) is 13.1. The monoisotopic (exact) mass is 361 g/mol. The molecule has 0 amide bonds. The first kappa shape index (κ1) is 15.7. The number of benzene rings is 2. The summed E-state index contributed by atoms with van der Waals surface area (Å²) in [4.78, 5) is 0.466. The third-order valence-corrected chi connectivity index (χ3v) is 6.35. The van der Waals surface area contributed by atoms with Crippen LogP contribution in [-0.4, -0.2) is 15.0 Å². The smallest absolute Gasteiger partial charge is 0.206 e. The van der Waals surface area contributed by atoms with Gasteiger partial charge < -0.3 is 9.73 Å². The summed E-state index contributed by atoms with van der Waals surface area (Å²) < 4.78 is 31.9. The van der Waals surface area contributed by atoms with Gasteiger partial charge in [0.05, 0.1) is 9.79 Å². The van der Waals surface area contributed by atoms with Crippen molar-refractivity contribution in [2.24, 2.45) is 0 Å². The van der Waals surface area contributed by atoms with Crippen molar-refractivity contribution in [3.63, 3.8) is 0 Å². The maximum absolute atomic E-state index is 13.0. The van der Waals surface area contributed by atoms with Gasteiger partial charge in [-0.25, -0.2) is 8.42 Å². The molecule has 0 unspecified atom stereocenters. The number of nitrogens with one attached hydrogen (secondary N) is 1. The molecule has 2 aromatic carbocycles. The van der Waals surface area contributed by atoms with Crippen molar-refractivity contribution in [2.75, 3.05) is 6.54 Å². The summed E-state index contributed by atoms with van der Waals surface area (Å²) in [5, 5.41) is 4.58. The largest absolute Gasteiger partial charge is 0.460 e. The average molecular weight is 362 g/mol. The maximum Gasteiger partial charge on any atom is 0.206 e. The normalized spacial score (nSPS) is 14.8. The molecule has 1 aliphatic rings. The van der Waals surface area contributed by atoms with Gasteiger partial charge in [0.25, 0.3) is 0 Å². The Morgan fingerprint density at radius 1 is 1.17 bits per heavy atom. The number of furan rings is 1. The fourth-order valence-corrected chi connectivity index (χ4v) is 4.84. The van der Waals surface area contributed by atoms with E-state index < -0.39 is 9.84 Å². The van der Waals surface area contributed by atoms with Gasteiger partial charge in [0.2, 0.25) is 9.84 Å². The number of rotatable bonds is 2. The van der Waals surface area contributed by atoms with Crippen LogP contribution < -0.4 is 5.32 Å². The van der Waals surface area contributed by atoms with Crippen molar-refractivity contribution in [2.45, 2.75) is 29.7 Å². The molecule has 3 aromatic rings. The molecule has 0 radical (unpaired) electrons. The van der Waals surface area contributed by atoms with E-state index in [1.807, 2.05) is 6.92 Å². The molecule has 6 heteroatoms. The third-order valence-electron chi connectivity index (χ3n) is 4.38. The Labute approximate surface area is 145 Å². The highest BCUT2D eigenvalue weighted by Crippen LogP contribution is 2.34. The molecular formula is C18H16ClNO3S. The summed E-state index contributed by atoms with van der Waals surface area (Å²) in [6.45, 7) is 3.45. The third kappa shape index (κ3) is 2.44. The molecule has 4 rings (SSSR count). The molecule has 0 aliphatic carbocycles. The van der Waals surface area contributed by atoms with Crippen LogP contribution in [0, 0.1) is 6.92 Å². The summed E-state index contributed by atoms with van der Waals surface area (Å²) in [6.07, 6.45) is 0.819. The van der Waals surface area contributed by atoms with Gasteiger partial charge in [-0.2, -0.15) is 0 Å². The molecule has 0 bridgehead atoms. The number of aryl methyl sites for hydroxylation is 1. The Morgan fingerprint density at radius 3 is 2.79 bits per heavy atom. The van der Waals surface area contributed by atoms with Crippen molar-refractivity contribution in [1.29, 1.82) is 0 Å². The topological polar surface area (TPSA) is 59.3 Å². The molecular weight excluding hydrogens is 346 g/mol. The van der Waals surface area contributed by atoms with Crippen molar-refractivity contribution >= 4 is 32.4 Å². The molecule has 0 fully saturated rings. The van der Waals surface area contributed by atoms with Crippen molar-refractivity contribution in [1.82, 2.24) is 5.32 Å².